The normalized spacial score (nSPS) is 10.5. The second-order valence-corrected chi connectivity index (χ2v) is 4.42. The fourth-order valence-corrected chi connectivity index (χ4v) is 1.83. The minimum atomic E-state index is -0.295. The van der Waals surface area contributed by atoms with Crippen LogP contribution >= 0.6 is 0 Å². The van der Waals surface area contributed by atoms with Crippen LogP contribution in [0.5, 0.6) is 0 Å². The van der Waals surface area contributed by atoms with E-state index in [1.54, 1.807) is 23.0 Å². The smallest absolute Gasteiger partial charge is 0.273 e. The highest BCUT2D eigenvalue weighted by atomic mass is 19.1. The zero-order valence-corrected chi connectivity index (χ0v) is 11.3. The summed E-state index contributed by atoms with van der Waals surface area (Å²) in [5.74, 6) is -0.563. The molecule has 0 aliphatic rings. The average molecular weight is 276 g/mol. The lowest BCUT2D eigenvalue weighted by atomic mass is 10.1. The number of nitrogen functional groups attached to an aromatic ring is 1. The molecule has 2 rings (SSSR count). The van der Waals surface area contributed by atoms with Gasteiger partial charge in [0.15, 0.2) is 5.69 Å². The van der Waals surface area contributed by atoms with E-state index < -0.39 is 0 Å². The van der Waals surface area contributed by atoms with Gasteiger partial charge in [-0.2, -0.15) is 5.10 Å². The number of carbonyl (C=O) groups excluding carboxylic acids is 1. The monoisotopic (exact) mass is 276 g/mol. The Morgan fingerprint density at radius 3 is 2.70 bits per heavy atom. The number of nitrogens with one attached hydrogen (secondary N) is 1. The summed E-state index contributed by atoms with van der Waals surface area (Å²) < 4.78 is 14.4. The van der Waals surface area contributed by atoms with Crippen LogP contribution in [-0.2, 0) is 13.0 Å². The van der Waals surface area contributed by atoms with Gasteiger partial charge >= 0.3 is 0 Å². The molecule has 0 spiro atoms. The predicted molar refractivity (Wildman–Crippen MR) is 74.8 cm³/mol. The fraction of sp³-hybridized carbons (Fsp3) is 0.286. The van der Waals surface area contributed by atoms with Crippen LogP contribution < -0.4 is 11.1 Å². The van der Waals surface area contributed by atoms with Crippen molar-refractivity contribution in [2.75, 3.05) is 12.3 Å². The van der Waals surface area contributed by atoms with Crippen molar-refractivity contribution < 1.29 is 9.18 Å². The van der Waals surface area contributed by atoms with E-state index in [0.717, 1.165) is 5.56 Å². The third-order valence-corrected chi connectivity index (χ3v) is 2.94. The number of nitrogens with zero attached hydrogens (tertiary/aromatic N) is 2. The highest BCUT2D eigenvalue weighted by Crippen LogP contribution is 2.09. The molecule has 3 N–H and O–H groups in total. The molecule has 0 saturated heterocycles. The van der Waals surface area contributed by atoms with Crippen molar-refractivity contribution in [1.29, 1.82) is 0 Å². The van der Waals surface area contributed by atoms with Crippen molar-refractivity contribution in [1.82, 2.24) is 15.1 Å². The van der Waals surface area contributed by atoms with Crippen molar-refractivity contribution in [3.8, 4) is 0 Å². The maximum Gasteiger partial charge on any atom is 0.273 e. The molecule has 5 nitrogen and oxygen atoms in total. The Bertz CT molecular complexity index is 592. The zero-order chi connectivity index (χ0) is 14.5. The summed E-state index contributed by atoms with van der Waals surface area (Å²) in [5.41, 5.74) is 7.30. The van der Waals surface area contributed by atoms with Crippen LogP contribution in [0.1, 0.15) is 23.0 Å². The lowest BCUT2D eigenvalue weighted by Gasteiger charge is -2.04. The Labute approximate surface area is 116 Å². The van der Waals surface area contributed by atoms with E-state index in [1.807, 2.05) is 6.92 Å². The lowest BCUT2D eigenvalue weighted by Crippen LogP contribution is -2.27. The minimum absolute atomic E-state index is 0.242. The van der Waals surface area contributed by atoms with Gasteiger partial charge in [0.05, 0.1) is 5.69 Å². The summed E-state index contributed by atoms with van der Waals surface area (Å²) in [7, 11) is 0. The van der Waals surface area contributed by atoms with E-state index in [9.17, 15) is 9.18 Å². The topological polar surface area (TPSA) is 72.9 Å². The van der Waals surface area contributed by atoms with E-state index in [4.69, 9.17) is 5.73 Å². The number of anilines is 1. The second kappa shape index (κ2) is 6.18. The summed E-state index contributed by atoms with van der Waals surface area (Å²) >= 11 is 0. The highest BCUT2D eigenvalue weighted by Gasteiger charge is 2.13. The lowest BCUT2D eigenvalue weighted by molar-refractivity contribution is 0.0949. The largest absolute Gasteiger partial charge is 0.396 e. The minimum Gasteiger partial charge on any atom is -0.396 e. The van der Waals surface area contributed by atoms with Crippen molar-refractivity contribution in [3.05, 3.63) is 47.5 Å². The van der Waals surface area contributed by atoms with Gasteiger partial charge < -0.3 is 11.1 Å². The number of hydrogen-bond donors (Lipinski definition) is 2. The van der Waals surface area contributed by atoms with Gasteiger partial charge in [-0.15, -0.1) is 0 Å². The number of nitrogens with two attached hydrogens (primary N) is 1. The molecule has 0 bridgehead atoms. The molecule has 1 heterocycles. The molecule has 0 fully saturated rings. The average Bonchev–Trinajstić information content (AvgIpc) is 2.82. The van der Waals surface area contributed by atoms with Crippen molar-refractivity contribution in [2.24, 2.45) is 0 Å². The Morgan fingerprint density at radius 2 is 2.10 bits per heavy atom. The second-order valence-electron chi connectivity index (χ2n) is 4.42. The fourth-order valence-electron chi connectivity index (χ4n) is 1.83. The third-order valence-electron chi connectivity index (χ3n) is 2.94. The molecule has 0 unspecified atom stereocenters. The van der Waals surface area contributed by atoms with E-state index in [1.165, 1.54) is 12.1 Å². The Balaban J connectivity index is 1.88. The van der Waals surface area contributed by atoms with E-state index in [-0.39, 0.29) is 17.4 Å². The van der Waals surface area contributed by atoms with Crippen LogP contribution in [0.25, 0.3) is 0 Å². The summed E-state index contributed by atoms with van der Waals surface area (Å²) in [6.07, 6.45) is 2.26. The van der Waals surface area contributed by atoms with Crippen LogP contribution in [0.2, 0.25) is 0 Å². The van der Waals surface area contributed by atoms with Crippen molar-refractivity contribution in [3.63, 3.8) is 0 Å². The summed E-state index contributed by atoms with van der Waals surface area (Å²) in [6, 6.07) is 6.19. The van der Waals surface area contributed by atoms with Crippen molar-refractivity contribution >= 4 is 11.6 Å². The number of rotatable bonds is 5. The molecule has 0 atom stereocenters. The van der Waals surface area contributed by atoms with Crippen LogP contribution in [-0.4, -0.2) is 22.2 Å². The molecule has 0 radical (unpaired) electrons. The van der Waals surface area contributed by atoms with Gasteiger partial charge in [-0.3, -0.25) is 9.48 Å². The van der Waals surface area contributed by atoms with Crippen LogP contribution in [0.4, 0.5) is 10.1 Å². The molecule has 0 aliphatic carbocycles. The molecule has 106 valence electrons. The van der Waals surface area contributed by atoms with Crippen LogP contribution in [0.3, 0.4) is 0 Å². The molecule has 0 aliphatic heterocycles. The molecular weight excluding hydrogens is 259 g/mol. The molecule has 20 heavy (non-hydrogen) atoms. The molecule has 2 aromatic rings. The summed E-state index contributed by atoms with van der Waals surface area (Å²) in [6.45, 7) is 3.03. The van der Waals surface area contributed by atoms with Crippen LogP contribution in [0, 0.1) is 5.82 Å². The quantitative estimate of drug-likeness (QED) is 0.871. The third kappa shape index (κ3) is 3.34. The summed E-state index contributed by atoms with van der Waals surface area (Å²) in [4.78, 5) is 11.9. The van der Waals surface area contributed by atoms with Gasteiger partial charge in [-0.1, -0.05) is 12.1 Å². The number of aromatic nitrogens is 2. The maximum absolute atomic E-state index is 12.7. The van der Waals surface area contributed by atoms with Crippen LogP contribution in [0.15, 0.2) is 30.5 Å². The number of amides is 1. The SMILES string of the molecule is CCn1cc(N)c(C(=O)NCCc2ccc(F)cc2)n1. The van der Waals surface area contributed by atoms with E-state index in [0.29, 0.717) is 25.2 Å². The van der Waals surface area contributed by atoms with E-state index in [2.05, 4.69) is 10.4 Å². The first kappa shape index (κ1) is 14.0. The van der Waals surface area contributed by atoms with Gasteiger partial charge in [0.25, 0.3) is 5.91 Å². The molecule has 1 aromatic carbocycles. The van der Waals surface area contributed by atoms with Gasteiger partial charge in [0, 0.05) is 19.3 Å². The number of hydrogen-bond acceptors (Lipinski definition) is 3. The Hall–Kier alpha value is -2.37. The molecule has 1 aromatic heterocycles. The molecular formula is C14H17FN4O. The first-order valence-electron chi connectivity index (χ1n) is 6.45. The van der Waals surface area contributed by atoms with E-state index >= 15 is 0 Å². The number of halogens is 1. The number of benzene rings is 1. The number of aryl methyl sites for hydroxylation is 1. The Morgan fingerprint density at radius 1 is 1.40 bits per heavy atom. The zero-order valence-electron chi connectivity index (χ0n) is 11.3. The first-order valence-corrected chi connectivity index (χ1v) is 6.45. The standard InChI is InChI=1S/C14H17FN4O/c1-2-19-9-12(16)13(18-19)14(20)17-8-7-10-3-5-11(15)6-4-10/h3-6,9H,2,7-8,16H2,1H3,(H,17,20). The molecule has 0 saturated carbocycles. The van der Waals surface area contributed by atoms with Gasteiger partial charge in [0.2, 0.25) is 0 Å². The molecule has 1 amide bonds. The maximum atomic E-state index is 12.7. The van der Waals surface area contributed by atoms with Crippen molar-refractivity contribution in [2.45, 2.75) is 19.9 Å². The molecule has 6 heteroatoms. The highest BCUT2D eigenvalue weighted by molar-refractivity contribution is 5.96. The predicted octanol–water partition coefficient (Wildman–Crippen LogP) is 1.60. The first-order chi connectivity index (χ1) is 9.60. The number of carbonyl (C=O) groups is 1. The Kier molecular flexibility index (Phi) is 4.34. The van der Waals surface area contributed by atoms with Gasteiger partial charge in [-0.25, -0.2) is 4.39 Å². The van der Waals surface area contributed by atoms with Gasteiger partial charge in [0.1, 0.15) is 5.82 Å². The summed E-state index contributed by atoms with van der Waals surface area (Å²) in [5, 5.41) is 6.85. The van der Waals surface area contributed by atoms with Gasteiger partial charge in [-0.05, 0) is 31.0 Å².